The average Bonchev–Trinajstić information content (AvgIpc) is 2.35. The number of phenols is 1. The van der Waals surface area contributed by atoms with E-state index in [2.05, 4.69) is 22.9 Å². The molecule has 0 aliphatic carbocycles. The summed E-state index contributed by atoms with van der Waals surface area (Å²) in [6.07, 6.45) is 0.630. The van der Waals surface area contributed by atoms with Crippen LogP contribution in [0, 0.1) is 5.92 Å². The van der Waals surface area contributed by atoms with E-state index in [0.29, 0.717) is 24.9 Å². The number of amides is 1. The number of hydrogen-bond acceptors (Lipinski definition) is 3. The lowest BCUT2D eigenvalue weighted by molar-refractivity contribution is 0.0155. The highest BCUT2D eigenvalue weighted by Crippen LogP contribution is 2.36. The second kappa shape index (κ2) is 6.49. The van der Waals surface area contributed by atoms with Crippen molar-refractivity contribution in [2.24, 2.45) is 5.92 Å². The zero-order valence-electron chi connectivity index (χ0n) is 13.6. The van der Waals surface area contributed by atoms with Gasteiger partial charge in [-0.25, -0.2) is 4.79 Å². The fourth-order valence-electron chi connectivity index (χ4n) is 2.94. The van der Waals surface area contributed by atoms with Crippen LogP contribution in [0.4, 0.5) is 4.79 Å². The monoisotopic (exact) mass is 369 g/mol. The summed E-state index contributed by atoms with van der Waals surface area (Å²) in [7, 11) is 0. The predicted octanol–water partition coefficient (Wildman–Crippen LogP) is 4.52. The number of carbonyl (C=O) groups excluding carboxylic acids is 1. The van der Waals surface area contributed by atoms with Gasteiger partial charge >= 0.3 is 6.09 Å². The third-order valence-corrected chi connectivity index (χ3v) is 4.35. The number of ether oxygens (including phenoxy) is 1. The molecule has 5 heteroatoms. The van der Waals surface area contributed by atoms with Crippen molar-refractivity contribution < 1.29 is 14.6 Å². The van der Waals surface area contributed by atoms with Crippen LogP contribution in [0.2, 0.25) is 0 Å². The topological polar surface area (TPSA) is 49.8 Å². The molecule has 0 radical (unpaired) electrons. The van der Waals surface area contributed by atoms with Gasteiger partial charge in [-0.1, -0.05) is 22.9 Å². The zero-order valence-corrected chi connectivity index (χ0v) is 15.2. The normalized spacial score (nSPS) is 22.5. The van der Waals surface area contributed by atoms with Crippen molar-refractivity contribution >= 4 is 22.0 Å². The highest BCUT2D eigenvalue weighted by atomic mass is 79.9. The van der Waals surface area contributed by atoms with Gasteiger partial charge in [0, 0.05) is 17.6 Å². The van der Waals surface area contributed by atoms with Crippen molar-refractivity contribution in [1.82, 2.24) is 4.90 Å². The summed E-state index contributed by atoms with van der Waals surface area (Å²) in [6.45, 7) is 9.13. The molecule has 2 rings (SSSR count). The molecule has 1 aromatic rings. The Morgan fingerprint density at radius 3 is 2.59 bits per heavy atom. The Balaban J connectivity index is 2.05. The number of rotatable bonds is 1. The standard InChI is InChI=1S/C17H24BrNO3/c1-11-10-19(16(21)22-17(2,3)4)6-5-15(11)12-7-13(18)9-14(20)8-12/h7-9,11,15,20H,5-6,10H2,1-4H3. The zero-order chi connectivity index (χ0) is 16.5. The van der Waals surface area contributed by atoms with Gasteiger partial charge in [-0.3, -0.25) is 0 Å². The molecule has 1 N–H and O–H groups in total. The molecule has 0 bridgehead atoms. The molecule has 0 spiro atoms. The van der Waals surface area contributed by atoms with Gasteiger partial charge in [0.1, 0.15) is 11.4 Å². The number of nitrogens with zero attached hydrogens (tertiary/aromatic N) is 1. The van der Waals surface area contributed by atoms with Gasteiger partial charge in [-0.05, 0) is 62.8 Å². The lowest BCUT2D eigenvalue weighted by Crippen LogP contribution is -2.44. The first kappa shape index (κ1) is 17.1. The Bertz CT molecular complexity index is 533. The number of hydrogen-bond donors (Lipinski definition) is 1. The number of aromatic hydroxyl groups is 1. The van der Waals surface area contributed by atoms with Gasteiger partial charge < -0.3 is 14.7 Å². The number of piperidine rings is 1. The Kier molecular flexibility index (Phi) is 5.05. The van der Waals surface area contributed by atoms with Gasteiger partial charge in [-0.15, -0.1) is 0 Å². The van der Waals surface area contributed by atoms with Crippen molar-refractivity contribution in [3.63, 3.8) is 0 Å². The molecule has 2 unspecified atom stereocenters. The molecule has 122 valence electrons. The first-order valence-electron chi connectivity index (χ1n) is 7.63. The maximum Gasteiger partial charge on any atom is 0.410 e. The fourth-order valence-corrected chi connectivity index (χ4v) is 3.44. The second-order valence-electron chi connectivity index (χ2n) is 7.04. The smallest absolute Gasteiger partial charge is 0.410 e. The first-order chi connectivity index (χ1) is 10.2. The van der Waals surface area contributed by atoms with Crippen LogP contribution >= 0.6 is 15.9 Å². The van der Waals surface area contributed by atoms with Gasteiger partial charge in [0.05, 0.1) is 0 Å². The average molecular weight is 370 g/mol. The summed E-state index contributed by atoms with van der Waals surface area (Å²) in [5, 5.41) is 9.76. The first-order valence-corrected chi connectivity index (χ1v) is 8.42. The van der Waals surface area contributed by atoms with Crippen molar-refractivity contribution in [2.45, 2.75) is 45.6 Å². The van der Waals surface area contributed by atoms with Crippen molar-refractivity contribution in [2.75, 3.05) is 13.1 Å². The number of benzene rings is 1. The Morgan fingerprint density at radius 2 is 2.05 bits per heavy atom. The predicted molar refractivity (Wildman–Crippen MR) is 90.1 cm³/mol. The van der Waals surface area contributed by atoms with Gasteiger partial charge in [0.2, 0.25) is 0 Å². The third-order valence-electron chi connectivity index (χ3n) is 3.89. The van der Waals surface area contributed by atoms with E-state index in [9.17, 15) is 9.90 Å². The van der Waals surface area contributed by atoms with E-state index in [-0.39, 0.29) is 11.8 Å². The number of phenolic OH excluding ortho intramolecular Hbond substituents is 1. The second-order valence-corrected chi connectivity index (χ2v) is 7.96. The summed E-state index contributed by atoms with van der Waals surface area (Å²) >= 11 is 3.42. The summed E-state index contributed by atoms with van der Waals surface area (Å²) in [5.74, 6) is 0.920. The van der Waals surface area contributed by atoms with E-state index in [4.69, 9.17) is 4.74 Å². The molecule has 22 heavy (non-hydrogen) atoms. The van der Waals surface area contributed by atoms with Gasteiger partial charge in [-0.2, -0.15) is 0 Å². The minimum atomic E-state index is -0.465. The van der Waals surface area contributed by atoms with E-state index < -0.39 is 5.60 Å². The highest BCUT2D eigenvalue weighted by molar-refractivity contribution is 9.10. The van der Waals surface area contributed by atoms with Crippen LogP contribution in [0.3, 0.4) is 0 Å². The van der Waals surface area contributed by atoms with Crippen LogP contribution in [-0.2, 0) is 4.74 Å². The molecule has 1 aromatic carbocycles. The Labute approximate surface area is 140 Å². The molecular formula is C17H24BrNO3. The third kappa shape index (κ3) is 4.38. The van der Waals surface area contributed by atoms with Crippen LogP contribution < -0.4 is 0 Å². The molecule has 1 aliphatic rings. The summed E-state index contributed by atoms with van der Waals surface area (Å²) < 4.78 is 6.32. The van der Waals surface area contributed by atoms with E-state index in [1.165, 1.54) is 0 Å². The number of halogens is 1. The van der Waals surface area contributed by atoms with E-state index in [1.54, 1.807) is 11.0 Å². The van der Waals surface area contributed by atoms with Crippen molar-refractivity contribution in [1.29, 1.82) is 0 Å². The summed E-state index contributed by atoms with van der Waals surface area (Å²) in [6, 6.07) is 5.54. The maximum atomic E-state index is 12.2. The molecule has 1 heterocycles. The summed E-state index contributed by atoms with van der Waals surface area (Å²) in [5.41, 5.74) is 0.649. The van der Waals surface area contributed by atoms with Crippen LogP contribution in [0.25, 0.3) is 0 Å². The molecule has 0 aromatic heterocycles. The van der Waals surface area contributed by atoms with E-state index in [0.717, 1.165) is 16.5 Å². The van der Waals surface area contributed by atoms with Crippen molar-refractivity contribution in [3.8, 4) is 5.75 Å². The van der Waals surface area contributed by atoms with E-state index >= 15 is 0 Å². The highest BCUT2D eigenvalue weighted by Gasteiger charge is 2.32. The largest absolute Gasteiger partial charge is 0.508 e. The SMILES string of the molecule is CC1CN(C(=O)OC(C)(C)C)CCC1c1cc(O)cc(Br)c1. The molecule has 2 atom stereocenters. The molecule has 1 saturated heterocycles. The summed E-state index contributed by atoms with van der Waals surface area (Å²) in [4.78, 5) is 13.9. The van der Waals surface area contributed by atoms with Crippen molar-refractivity contribution in [3.05, 3.63) is 28.2 Å². The minimum Gasteiger partial charge on any atom is -0.508 e. The van der Waals surface area contributed by atoms with Crippen LogP contribution in [-0.4, -0.2) is 34.8 Å². The maximum absolute atomic E-state index is 12.2. The Morgan fingerprint density at radius 1 is 1.36 bits per heavy atom. The lowest BCUT2D eigenvalue weighted by atomic mass is 9.81. The number of likely N-dealkylation sites (tertiary alicyclic amines) is 1. The minimum absolute atomic E-state index is 0.241. The van der Waals surface area contributed by atoms with Gasteiger partial charge in [0.25, 0.3) is 0 Å². The molecule has 1 aliphatic heterocycles. The van der Waals surface area contributed by atoms with Crippen LogP contribution in [0.15, 0.2) is 22.7 Å². The molecule has 1 amide bonds. The molecule has 4 nitrogen and oxygen atoms in total. The Hall–Kier alpha value is -1.23. The molecular weight excluding hydrogens is 346 g/mol. The van der Waals surface area contributed by atoms with Crippen LogP contribution in [0.5, 0.6) is 5.75 Å². The lowest BCUT2D eigenvalue weighted by Gasteiger charge is -2.37. The quantitative estimate of drug-likeness (QED) is 0.791. The molecule has 1 fully saturated rings. The van der Waals surface area contributed by atoms with Crippen LogP contribution in [0.1, 0.15) is 45.6 Å². The van der Waals surface area contributed by atoms with E-state index in [1.807, 2.05) is 32.9 Å². The molecule has 0 saturated carbocycles. The van der Waals surface area contributed by atoms with Gasteiger partial charge in [0.15, 0.2) is 0 Å². The fraction of sp³-hybridized carbons (Fsp3) is 0.588. The number of carbonyl (C=O) groups is 1.